The van der Waals surface area contributed by atoms with E-state index < -0.39 is 0 Å². The molecule has 2 rings (SSSR count). The van der Waals surface area contributed by atoms with E-state index in [9.17, 15) is 0 Å². The van der Waals surface area contributed by atoms with Gasteiger partial charge in [-0.05, 0) is 61.3 Å². The number of hydrogen-bond acceptors (Lipinski definition) is 3. The lowest BCUT2D eigenvalue weighted by Gasteiger charge is -2.35. The van der Waals surface area contributed by atoms with Gasteiger partial charge in [-0.2, -0.15) is 11.8 Å². The molecule has 4 heteroatoms. The van der Waals surface area contributed by atoms with Crippen molar-refractivity contribution in [3.8, 4) is 0 Å². The molecule has 1 N–H and O–H groups in total. The van der Waals surface area contributed by atoms with E-state index in [-0.39, 0.29) is 5.54 Å². The van der Waals surface area contributed by atoms with Gasteiger partial charge in [0.05, 0.1) is 5.69 Å². The van der Waals surface area contributed by atoms with Crippen molar-refractivity contribution < 1.29 is 0 Å². The number of rotatable bonds is 3. The Bertz CT molecular complexity index is 456. The van der Waals surface area contributed by atoms with Gasteiger partial charge in [0.15, 0.2) is 0 Å². The second-order valence-corrected chi connectivity index (χ2v) is 8.51. The molecular weight excluding hydrogens is 332 g/mol. The van der Waals surface area contributed by atoms with Crippen molar-refractivity contribution in [2.45, 2.75) is 45.8 Å². The summed E-state index contributed by atoms with van der Waals surface area (Å²) in [6, 6.07) is 7.37. The second kappa shape index (κ2) is 6.71. The minimum atomic E-state index is 0.157. The van der Waals surface area contributed by atoms with Crippen LogP contribution in [0.3, 0.4) is 0 Å². The van der Waals surface area contributed by atoms with Crippen molar-refractivity contribution in [2.75, 3.05) is 23.0 Å². The summed E-state index contributed by atoms with van der Waals surface area (Å²) in [5.74, 6) is 2.45. The zero-order valence-corrected chi connectivity index (χ0v) is 15.3. The van der Waals surface area contributed by atoms with Gasteiger partial charge in [0, 0.05) is 40.6 Å². The highest BCUT2D eigenvalue weighted by molar-refractivity contribution is 9.10. The van der Waals surface area contributed by atoms with Crippen molar-refractivity contribution in [1.82, 2.24) is 5.32 Å². The molecule has 0 amide bonds. The molecule has 1 heterocycles. The van der Waals surface area contributed by atoms with E-state index in [0.29, 0.717) is 6.04 Å². The molecule has 0 spiro atoms. The highest BCUT2D eigenvalue weighted by atomic mass is 79.9. The van der Waals surface area contributed by atoms with Gasteiger partial charge in [-0.1, -0.05) is 6.07 Å². The Hall–Kier alpha value is -0.190. The normalized spacial score (nSPS) is 20.2. The van der Waals surface area contributed by atoms with Crippen molar-refractivity contribution in [3.05, 3.63) is 28.2 Å². The van der Waals surface area contributed by atoms with Crippen LogP contribution in [-0.2, 0) is 6.54 Å². The fourth-order valence-electron chi connectivity index (χ4n) is 2.35. The zero-order valence-electron chi connectivity index (χ0n) is 12.9. The third kappa shape index (κ3) is 4.40. The average molecular weight is 357 g/mol. The maximum Gasteiger partial charge on any atom is 0.0513 e. The topological polar surface area (TPSA) is 15.3 Å². The molecule has 0 bridgehead atoms. The van der Waals surface area contributed by atoms with Gasteiger partial charge in [0.2, 0.25) is 0 Å². The third-order valence-electron chi connectivity index (χ3n) is 3.51. The van der Waals surface area contributed by atoms with Crippen molar-refractivity contribution >= 4 is 33.4 Å². The summed E-state index contributed by atoms with van der Waals surface area (Å²) >= 11 is 5.81. The molecule has 1 fully saturated rings. The molecule has 1 aromatic rings. The number of nitrogens with one attached hydrogen (secondary N) is 1. The van der Waals surface area contributed by atoms with Gasteiger partial charge in [0.1, 0.15) is 0 Å². The van der Waals surface area contributed by atoms with E-state index in [4.69, 9.17) is 0 Å². The van der Waals surface area contributed by atoms with Gasteiger partial charge < -0.3 is 10.2 Å². The number of nitrogens with zero attached hydrogens (tertiary/aromatic N) is 1. The smallest absolute Gasteiger partial charge is 0.0513 e. The fourth-order valence-corrected chi connectivity index (χ4v) is 4.01. The summed E-state index contributed by atoms with van der Waals surface area (Å²) in [6.45, 7) is 11.0. The van der Waals surface area contributed by atoms with E-state index in [1.54, 1.807) is 0 Å². The molecule has 0 aromatic heterocycles. The largest absolute Gasteiger partial charge is 0.366 e. The Labute approximate surface area is 135 Å². The average Bonchev–Trinajstić information content (AvgIpc) is 2.37. The van der Waals surface area contributed by atoms with Crippen LogP contribution in [0.1, 0.15) is 33.3 Å². The van der Waals surface area contributed by atoms with Crippen molar-refractivity contribution in [2.24, 2.45) is 0 Å². The van der Waals surface area contributed by atoms with Gasteiger partial charge in [-0.25, -0.2) is 0 Å². The van der Waals surface area contributed by atoms with E-state index in [0.717, 1.165) is 13.1 Å². The highest BCUT2D eigenvalue weighted by Crippen LogP contribution is 2.31. The highest BCUT2D eigenvalue weighted by Gasteiger charge is 2.20. The molecule has 0 aliphatic carbocycles. The molecule has 1 atom stereocenters. The molecule has 1 aliphatic heterocycles. The molecule has 0 radical (unpaired) electrons. The van der Waals surface area contributed by atoms with Crippen LogP contribution in [0.4, 0.5) is 5.69 Å². The van der Waals surface area contributed by atoms with Crippen LogP contribution in [-0.4, -0.2) is 29.6 Å². The van der Waals surface area contributed by atoms with Gasteiger partial charge in [-0.3, -0.25) is 0 Å². The molecule has 2 nitrogen and oxygen atoms in total. The Balaban J connectivity index is 2.09. The summed E-state index contributed by atoms with van der Waals surface area (Å²) in [4.78, 5) is 2.52. The molecule has 0 saturated carbocycles. The Morgan fingerprint density at radius 2 is 2.15 bits per heavy atom. The summed E-state index contributed by atoms with van der Waals surface area (Å²) in [6.07, 6.45) is 0. The lowest BCUT2D eigenvalue weighted by Crippen LogP contribution is -2.40. The number of anilines is 1. The van der Waals surface area contributed by atoms with E-state index >= 15 is 0 Å². The Kier molecular flexibility index (Phi) is 5.43. The van der Waals surface area contributed by atoms with Crippen molar-refractivity contribution in [3.63, 3.8) is 0 Å². The number of thioether (sulfide) groups is 1. The quantitative estimate of drug-likeness (QED) is 0.869. The molecule has 112 valence electrons. The SMILES string of the molecule is CC1CSCCN1c1ccc(CNC(C)(C)C)cc1Br. The van der Waals surface area contributed by atoms with Crippen LogP contribution < -0.4 is 10.2 Å². The second-order valence-electron chi connectivity index (χ2n) is 6.51. The number of hydrogen-bond donors (Lipinski definition) is 1. The Morgan fingerprint density at radius 3 is 2.75 bits per heavy atom. The summed E-state index contributed by atoms with van der Waals surface area (Å²) in [7, 11) is 0. The van der Waals surface area contributed by atoms with E-state index in [1.165, 1.54) is 27.2 Å². The van der Waals surface area contributed by atoms with Crippen LogP contribution in [0.2, 0.25) is 0 Å². The minimum absolute atomic E-state index is 0.157. The summed E-state index contributed by atoms with van der Waals surface area (Å²) in [5.41, 5.74) is 2.82. The third-order valence-corrected chi connectivity index (χ3v) is 5.34. The minimum Gasteiger partial charge on any atom is -0.366 e. The number of halogens is 1. The van der Waals surface area contributed by atoms with E-state index in [2.05, 4.69) is 83.8 Å². The van der Waals surface area contributed by atoms with Crippen LogP contribution >= 0.6 is 27.7 Å². The van der Waals surface area contributed by atoms with Gasteiger partial charge in [-0.15, -0.1) is 0 Å². The first-order valence-electron chi connectivity index (χ1n) is 7.25. The maximum absolute atomic E-state index is 3.75. The first-order chi connectivity index (χ1) is 9.37. The fraction of sp³-hybridized carbons (Fsp3) is 0.625. The maximum atomic E-state index is 3.75. The van der Waals surface area contributed by atoms with Crippen LogP contribution in [0.25, 0.3) is 0 Å². The van der Waals surface area contributed by atoms with Crippen LogP contribution in [0.5, 0.6) is 0 Å². The van der Waals surface area contributed by atoms with Gasteiger partial charge in [0.25, 0.3) is 0 Å². The first kappa shape index (κ1) is 16.2. The summed E-state index contributed by atoms with van der Waals surface area (Å²) in [5, 5.41) is 3.54. The monoisotopic (exact) mass is 356 g/mol. The zero-order chi connectivity index (χ0) is 14.8. The Morgan fingerprint density at radius 1 is 1.40 bits per heavy atom. The predicted molar refractivity (Wildman–Crippen MR) is 94.9 cm³/mol. The molecule has 20 heavy (non-hydrogen) atoms. The molecular formula is C16H25BrN2S. The van der Waals surface area contributed by atoms with E-state index in [1.807, 2.05) is 0 Å². The molecule has 1 aromatic carbocycles. The van der Waals surface area contributed by atoms with Crippen molar-refractivity contribution in [1.29, 1.82) is 0 Å². The van der Waals surface area contributed by atoms with Crippen LogP contribution in [0.15, 0.2) is 22.7 Å². The molecule has 1 aliphatic rings. The lowest BCUT2D eigenvalue weighted by atomic mass is 10.1. The lowest BCUT2D eigenvalue weighted by molar-refractivity contribution is 0.424. The number of benzene rings is 1. The predicted octanol–water partition coefficient (Wildman–Crippen LogP) is 4.28. The first-order valence-corrected chi connectivity index (χ1v) is 9.19. The van der Waals surface area contributed by atoms with Gasteiger partial charge >= 0.3 is 0 Å². The van der Waals surface area contributed by atoms with Crippen LogP contribution in [0, 0.1) is 0 Å². The molecule has 1 unspecified atom stereocenters. The summed E-state index contributed by atoms with van der Waals surface area (Å²) < 4.78 is 1.21. The standard InChI is InChI=1S/C16H25BrN2S/c1-12-11-20-8-7-19(12)15-6-5-13(9-14(15)17)10-18-16(2,3)4/h5-6,9,12,18H,7-8,10-11H2,1-4H3. The molecule has 1 saturated heterocycles.